The lowest BCUT2D eigenvalue weighted by Crippen LogP contribution is -2.44. The van der Waals surface area contributed by atoms with Crippen LogP contribution in [0.1, 0.15) is 39.5 Å². The van der Waals surface area contributed by atoms with Crippen LogP contribution in [-0.4, -0.2) is 23.7 Å². The van der Waals surface area contributed by atoms with Crippen LogP contribution in [0.2, 0.25) is 0 Å². The highest BCUT2D eigenvalue weighted by molar-refractivity contribution is 8.00. The lowest BCUT2D eigenvalue weighted by atomic mass is 10.1. The first-order chi connectivity index (χ1) is 9.71. The molecule has 0 spiro atoms. The summed E-state index contributed by atoms with van der Waals surface area (Å²) in [6, 6.07) is 10.2. The van der Waals surface area contributed by atoms with Crippen LogP contribution in [0.15, 0.2) is 35.2 Å². The topological polar surface area (TPSA) is 55.1 Å². The molecule has 5 heteroatoms. The van der Waals surface area contributed by atoms with E-state index >= 15 is 0 Å². The maximum Gasteiger partial charge on any atom is 0.233 e. The van der Waals surface area contributed by atoms with E-state index in [-0.39, 0.29) is 29.6 Å². The molecule has 2 atom stereocenters. The predicted molar refractivity (Wildman–Crippen MR) is 94.1 cm³/mol. The summed E-state index contributed by atoms with van der Waals surface area (Å²) in [6.45, 7) is 4.71. The Morgan fingerprint density at radius 3 is 2.48 bits per heavy atom. The Balaban J connectivity index is 0.00000400. The van der Waals surface area contributed by atoms with E-state index in [1.54, 1.807) is 11.8 Å². The van der Waals surface area contributed by atoms with Gasteiger partial charge < -0.3 is 11.1 Å². The van der Waals surface area contributed by atoms with Gasteiger partial charge in [0.25, 0.3) is 0 Å². The van der Waals surface area contributed by atoms with Gasteiger partial charge in [-0.15, -0.1) is 24.2 Å². The lowest BCUT2D eigenvalue weighted by molar-refractivity contribution is -0.121. The third-order valence-electron chi connectivity index (χ3n) is 3.22. The minimum Gasteiger partial charge on any atom is -0.351 e. The minimum atomic E-state index is -0.0481. The molecule has 0 aliphatic heterocycles. The molecule has 0 fully saturated rings. The Kier molecular flexibility index (Phi) is 11.5. The largest absolute Gasteiger partial charge is 0.351 e. The van der Waals surface area contributed by atoms with Crippen LogP contribution in [0.4, 0.5) is 0 Å². The molecule has 2 unspecified atom stereocenters. The normalized spacial score (nSPS) is 13.1. The summed E-state index contributed by atoms with van der Waals surface area (Å²) in [5.74, 6) is 0.105. The standard InChI is InChI=1S/C16H26N2OS.ClH/c1-3-5-9-13(12-17)18-16(19)15(4-2)20-14-10-7-6-8-11-14;/h6-8,10-11,13,15H,3-5,9,12,17H2,1-2H3,(H,18,19);1H. The predicted octanol–water partition coefficient (Wildman–Crippen LogP) is 3.61. The van der Waals surface area contributed by atoms with Gasteiger partial charge in [0.15, 0.2) is 0 Å². The van der Waals surface area contributed by atoms with E-state index in [2.05, 4.69) is 12.2 Å². The Bertz CT molecular complexity index is 389. The van der Waals surface area contributed by atoms with Gasteiger partial charge in [0.2, 0.25) is 5.91 Å². The zero-order valence-electron chi connectivity index (χ0n) is 12.9. The third-order valence-corrected chi connectivity index (χ3v) is 4.60. The molecule has 0 bridgehead atoms. The average molecular weight is 331 g/mol. The van der Waals surface area contributed by atoms with Crippen LogP contribution in [0.25, 0.3) is 0 Å². The Morgan fingerprint density at radius 2 is 1.95 bits per heavy atom. The second-order valence-corrected chi connectivity index (χ2v) is 6.19. The number of carbonyl (C=O) groups excluding carboxylic acids is 1. The van der Waals surface area contributed by atoms with Crippen molar-refractivity contribution in [3.8, 4) is 0 Å². The first-order valence-electron chi connectivity index (χ1n) is 7.43. The molecule has 120 valence electrons. The summed E-state index contributed by atoms with van der Waals surface area (Å²) in [7, 11) is 0. The first-order valence-corrected chi connectivity index (χ1v) is 8.31. The fourth-order valence-electron chi connectivity index (χ4n) is 1.98. The molecular weight excluding hydrogens is 304 g/mol. The number of unbranched alkanes of at least 4 members (excludes halogenated alkanes) is 1. The van der Waals surface area contributed by atoms with Gasteiger partial charge in [0, 0.05) is 17.5 Å². The molecule has 3 N–H and O–H groups in total. The molecule has 1 aromatic rings. The van der Waals surface area contributed by atoms with Crippen LogP contribution in [0.5, 0.6) is 0 Å². The van der Waals surface area contributed by atoms with Crippen molar-refractivity contribution in [3.05, 3.63) is 30.3 Å². The summed E-state index contributed by atoms with van der Waals surface area (Å²) < 4.78 is 0. The monoisotopic (exact) mass is 330 g/mol. The van der Waals surface area contributed by atoms with Gasteiger partial charge in [-0.3, -0.25) is 4.79 Å². The van der Waals surface area contributed by atoms with E-state index in [0.717, 1.165) is 30.6 Å². The summed E-state index contributed by atoms with van der Waals surface area (Å²) in [5, 5.41) is 3.04. The number of halogens is 1. The van der Waals surface area contributed by atoms with Crippen LogP contribution >= 0.6 is 24.2 Å². The van der Waals surface area contributed by atoms with Crippen molar-refractivity contribution in [1.82, 2.24) is 5.32 Å². The minimum absolute atomic E-state index is 0. The molecule has 0 saturated carbocycles. The second kappa shape index (κ2) is 11.9. The highest BCUT2D eigenvalue weighted by Gasteiger charge is 2.20. The molecule has 21 heavy (non-hydrogen) atoms. The summed E-state index contributed by atoms with van der Waals surface area (Å²) >= 11 is 1.62. The smallest absolute Gasteiger partial charge is 0.233 e. The van der Waals surface area contributed by atoms with Crippen molar-refractivity contribution < 1.29 is 4.79 Å². The summed E-state index contributed by atoms with van der Waals surface area (Å²) in [4.78, 5) is 13.5. The van der Waals surface area contributed by atoms with Gasteiger partial charge in [-0.25, -0.2) is 0 Å². The quantitative estimate of drug-likeness (QED) is 0.680. The van der Waals surface area contributed by atoms with Gasteiger partial charge in [-0.1, -0.05) is 44.9 Å². The molecule has 0 aromatic heterocycles. The van der Waals surface area contributed by atoms with E-state index in [1.807, 2.05) is 37.3 Å². The van der Waals surface area contributed by atoms with Crippen LogP contribution in [0.3, 0.4) is 0 Å². The highest BCUT2D eigenvalue weighted by atomic mass is 35.5. The van der Waals surface area contributed by atoms with Crippen LogP contribution in [0, 0.1) is 0 Å². The fourth-order valence-corrected chi connectivity index (χ4v) is 2.96. The number of benzene rings is 1. The second-order valence-electron chi connectivity index (χ2n) is 4.91. The number of carbonyl (C=O) groups is 1. The third kappa shape index (κ3) is 7.74. The number of nitrogens with two attached hydrogens (primary N) is 1. The van der Waals surface area contributed by atoms with E-state index in [1.165, 1.54) is 0 Å². The maximum absolute atomic E-state index is 12.3. The van der Waals surface area contributed by atoms with Gasteiger partial charge in [0.1, 0.15) is 0 Å². The van der Waals surface area contributed by atoms with Gasteiger partial charge in [-0.2, -0.15) is 0 Å². The number of hydrogen-bond acceptors (Lipinski definition) is 3. The molecule has 1 rings (SSSR count). The fraction of sp³-hybridized carbons (Fsp3) is 0.562. The Morgan fingerprint density at radius 1 is 1.29 bits per heavy atom. The molecule has 0 radical (unpaired) electrons. The molecule has 3 nitrogen and oxygen atoms in total. The number of rotatable bonds is 9. The van der Waals surface area contributed by atoms with E-state index in [4.69, 9.17) is 5.73 Å². The highest BCUT2D eigenvalue weighted by Crippen LogP contribution is 2.25. The SMILES string of the molecule is CCCCC(CN)NC(=O)C(CC)Sc1ccccc1.Cl. The Hall–Kier alpha value is -0.710. The molecule has 0 saturated heterocycles. The average Bonchev–Trinajstić information content (AvgIpc) is 2.49. The van der Waals surface area contributed by atoms with E-state index in [0.29, 0.717) is 6.54 Å². The van der Waals surface area contributed by atoms with Crippen molar-refractivity contribution >= 4 is 30.1 Å². The zero-order chi connectivity index (χ0) is 14.8. The van der Waals surface area contributed by atoms with Gasteiger partial charge in [-0.05, 0) is 25.0 Å². The van der Waals surface area contributed by atoms with Crippen molar-refractivity contribution in [2.75, 3.05) is 6.54 Å². The number of amides is 1. The molecular formula is C16H27ClN2OS. The zero-order valence-corrected chi connectivity index (χ0v) is 14.5. The molecule has 1 amide bonds. The van der Waals surface area contributed by atoms with Crippen molar-refractivity contribution in [1.29, 1.82) is 0 Å². The summed E-state index contributed by atoms with van der Waals surface area (Å²) in [5.41, 5.74) is 5.73. The van der Waals surface area contributed by atoms with E-state index in [9.17, 15) is 4.79 Å². The molecule has 0 aliphatic rings. The van der Waals surface area contributed by atoms with Gasteiger partial charge >= 0.3 is 0 Å². The van der Waals surface area contributed by atoms with Crippen LogP contribution < -0.4 is 11.1 Å². The van der Waals surface area contributed by atoms with Crippen molar-refractivity contribution in [2.45, 2.75) is 55.7 Å². The number of thioether (sulfide) groups is 1. The number of hydrogen-bond donors (Lipinski definition) is 2. The number of nitrogens with one attached hydrogen (secondary N) is 1. The molecule has 0 heterocycles. The van der Waals surface area contributed by atoms with Crippen molar-refractivity contribution in [3.63, 3.8) is 0 Å². The molecule has 1 aromatic carbocycles. The Labute approximate surface area is 138 Å². The summed E-state index contributed by atoms with van der Waals surface area (Å²) in [6.07, 6.45) is 4.01. The first kappa shape index (κ1) is 20.3. The van der Waals surface area contributed by atoms with Crippen LogP contribution in [-0.2, 0) is 4.79 Å². The van der Waals surface area contributed by atoms with Gasteiger partial charge in [0.05, 0.1) is 5.25 Å². The maximum atomic E-state index is 12.3. The van der Waals surface area contributed by atoms with Crippen molar-refractivity contribution in [2.24, 2.45) is 5.73 Å². The molecule has 0 aliphatic carbocycles. The lowest BCUT2D eigenvalue weighted by Gasteiger charge is -2.20. The van der Waals surface area contributed by atoms with E-state index < -0.39 is 0 Å².